The summed E-state index contributed by atoms with van der Waals surface area (Å²) in [5.74, 6) is -7.88. The monoisotopic (exact) mass is 592 g/mol. The fraction of sp³-hybridized carbons (Fsp3) is 0.567. The SMILES string of the molecule is CC(C)CCN(Cc1cc(O)c2c(c1C(F)(F)F)CC1C[C@H]3CC(O)=C(C(N)=O)C(=O)[C@@]3(O)C(O)=C1C2=O)CC1CC1. The molecule has 12 heteroatoms. The summed E-state index contributed by atoms with van der Waals surface area (Å²) in [4.78, 5) is 40.5. The van der Waals surface area contributed by atoms with E-state index in [-0.39, 0.29) is 18.5 Å². The van der Waals surface area contributed by atoms with Crippen molar-refractivity contribution in [3.8, 4) is 5.75 Å². The van der Waals surface area contributed by atoms with Crippen LogP contribution in [0.3, 0.4) is 0 Å². The molecule has 228 valence electrons. The lowest BCUT2D eigenvalue weighted by atomic mass is 9.60. The van der Waals surface area contributed by atoms with Crippen LogP contribution in [0.2, 0.25) is 0 Å². The zero-order valence-corrected chi connectivity index (χ0v) is 23.4. The number of alkyl halides is 3. The first-order valence-corrected chi connectivity index (χ1v) is 14.2. The third-order valence-electron chi connectivity index (χ3n) is 9.06. The van der Waals surface area contributed by atoms with E-state index in [1.165, 1.54) is 0 Å². The number of halogens is 3. The largest absolute Gasteiger partial charge is 0.511 e. The van der Waals surface area contributed by atoms with Crippen LogP contribution >= 0.6 is 0 Å². The third-order valence-corrected chi connectivity index (χ3v) is 9.06. The van der Waals surface area contributed by atoms with Crippen molar-refractivity contribution in [2.75, 3.05) is 13.1 Å². The van der Waals surface area contributed by atoms with Crippen LogP contribution in [-0.4, -0.2) is 61.5 Å². The van der Waals surface area contributed by atoms with Crippen LogP contribution in [0, 0.1) is 23.7 Å². The molecule has 0 aliphatic heterocycles. The highest BCUT2D eigenvalue weighted by Crippen LogP contribution is 2.53. The first-order valence-electron chi connectivity index (χ1n) is 14.2. The number of allylic oxidation sites excluding steroid dienone is 2. The number of fused-ring (bicyclic) bond motifs is 3. The maximum atomic E-state index is 14.7. The van der Waals surface area contributed by atoms with Crippen molar-refractivity contribution in [3.05, 3.63) is 51.0 Å². The first kappa shape index (κ1) is 30.1. The highest BCUT2D eigenvalue weighted by atomic mass is 19.4. The van der Waals surface area contributed by atoms with E-state index in [0.717, 1.165) is 25.3 Å². The van der Waals surface area contributed by atoms with Crippen molar-refractivity contribution in [1.82, 2.24) is 4.90 Å². The zero-order valence-electron chi connectivity index (χ0n) is 23.4. The van der Waals surface area contributed by atoms with Crippen LogP contribution in [-0.2, 0) is 28.7 Å². The number of hydrogen-bond acceptors (Lipinski definition) is 8. The number of primary amides is 1. The highest BCUT2D eigenvalue weighted by molar-refractivity contribution is 6.24. The molecule has 0 saturated heterocycles. The van der Waals surface area contributed by atoms with Gasteiger partial charge in [0.2, 0.25) is 5.78 Å². The van der Waals surface area contributed by atoms with E-state index in [1.54, 1.807) is 0 Å². The van der Waals surface area contributed by atoms with E-state index in [9.17, 15) is 48.0 Å². The molecule has 1 aromatic rings. The zero-order chi connectivity index (χ0) is 30.9. The number of ketones is 2. The van der Waals surface area contributed by atoms with E-state index in [1.807, 2.05) is 18.7 Å². The predicted molar refractivity (Wildman–Crippen MR) is 143 cm³/mol. The van der Waals surface area contributed by atoms with E-state index in [2.05, 4.69) is 0 Å². The average Bonchev–Trinajstić information content (AvgIpc) is 3.67. The second kappa shape index (κ2) is 10.4. The molecule has 1 unspecified atom stereocenters. The van der Waals surface area contributed by atoms with Crippen molar-refractivity contribution < 1.29 is 48.0 Å². The Labute approximate surface area is 240 Å². The minimum absolute atomic E-state index is 0.0723. The molecule has 5 rings (SSSR count). The summed E-state index contributed by atoms with van der Waals surface area (Å²) >= 11 is 0. The summed E-state index contributed by atoms with van der Waals surface area (Å²) in [6.45, 7) is 5.19. The molecule has 0 aromatic heterocycles. The number of phenols is 1. The normalized spacial score (nSPS) is 26.1. The molecule has 0 spiro atoms. The number of aromatic hydroxyl groups is 1. The lowest BCUT2D eigenvalue weighted by Crippen LogP contribution is -2.57. The number of benzene rings is 1. The minimum Gasteiger partial charge on any atom is -0.511 e. The number of nitrogens with two attached hydrogens (primary N) is 1. The number of carbonyl (C=O) groups excluding carboxylic acids is 3. The third kappa shape index (κ3) is 4.98. The van der Waals surface area contributed by atoms with Crippen molar-refractivity contribution in [2.45, 2.75) is 70.7 Å². The molecule has 42 heavy (non-hydrogen) atoms. The Balaban J connectivity index is 1.60. The van der Waals surface area contributed by atoms with E-state index < -0.39 is 99.0 Å². The molecule has 0 bridgehead atoms. The minimum atomic E-state index is -4.87. The Morgan fingerprint density at radius 1 is 1.17 bits per heavy atom. The van der Waals surface area contributed by atoms with Gasteiger partial charge in [0.15, 0.2) is 11.4 Å². The van der Waals surface area contributed by atoms with Gasteiger partial charge in [-0.1, -0.05) is 13.8 Å². The van der Waals surface area contributed by atoms with Gasteiger partial charge >= 0.3 is 6.18 Å². The Hall–Kier alpha value is -3.38. The fourth-order valence-corrected chi connectivity index (χ4v) is 6.82. The van der Waals surface area contributed by atoms with Gasteiger partial charge in [0, 0.05) is 31.0 Å². The summed E-state index contributed by atoms with van der Waals surface area (Å²) in [5.41, 5.74) is -1.20. The quantitative estimate of drug-likeness (QED) is 0.285. The summed E-state index contributed by atoms with van der Waals surface area (Å²) in [7, 11) is 0. The Kier molecular flexibility index (Phi) is 7.46. The Morgan fingerprint density at radius 2 is 1.83 bits per heavy atom. The first-order chi connectivity index (χ1) is 19.5. The molecule has 1 saturated carbocycles. The van der Waals surface area contributed by atoms with Crippen molar-refractivity contribution in [3.63, 3.8) is 0 Å². The fourth-order valence-electron chi connectivity index (χ4n) is 6.82. The molecule has 4 aliphatic rings. The van der Waals surface area contributed by atoms with Crippen LogP contribution < -0.4 is 5.73 Å². The summed E-state index contributed by atoms with van der Waals surface area (Å²) in [5, 5.41) is 43.7. The standard InChI is InChI=1S/C30H35F3N2O7/c1-13(2)5-6-35(11-14-3-4-14)12-16-9-19(36)22-18(24(16)30(31,32)33)8-15-7-17-10-20(37)23(28(34)41)27(40)29(17,42)26(39)21(15)25(22)38/h9,13-15,17,36-37,39,42H,3-8,10-12H2,1-2H3,(H2,34,41)/t15?,17-,29-/m0/s1. The average molecular weight is 593 g/mol. The van der Waals surface area contributed by atoms with Crippen LogP contribution in [0.5, 0.6) is 5.75 Å². The van der Waals surface area contributed by atoms with E-state index in [4.69, 9.17) is 5.73 Å². The summed E-state index contributed by atoms with van der Waals surface area (Å²) < 4.78 is 44.2. The number of phenolic OH excluding ortho intramolecular Hbond substituents is 1. The smallest absolute Gasteiger partial charge is 0.417 e. The number of aliphatic hydroxyl groups is 3. The molecule has 0 heterocycles. The number of hydrogen-bond donors (Lipinski definition) is 5. The number of amides is 1. The van der Waals surface area contributed by atoms with Crippen LogP contribution in [0.1, 0.15) is 73.0 Å². The van der Waals surface area contributed by atoms with Gasteiger partial charge in [0.25, 0.3) is 5.91 Å². The maximum absolute atomic E-state index is 14.7. The molecule has 1 aromatic carbocycles. The number of carbonyl (C=O) groups is 3. The lowest BCUT2D eigenvalue weighted by molar-refractivity contribution is -0.144. The lowest BCUT2D eigenvalue weighted by Gasteiger charge is -2.45. The molecule has 1 amide bonds. The second-order valence-electron chi connectivity index (χ2n) is 12.6. The summed E-state index contributed by atoms with van der Waals surface area (Å²) in [6, 6.07) is 0.949. The maximum Gasteiger partial charge on any atom is 0.417 e. The van der Waals surface area contributed by atoms with Gasteiger partial charge in [0.1, 0.15) is 22.8 Å². The molecular weight excluding hydrogens is 557 g/mol. The van der Waals surface area contributed by atoms with Crippen LogP contribution in [0.15, 0.2) is 28.7 Å². The molecule has 1 fully saturated rings. The van der Waals surface area contributed by atoms with Gasteiger partial charge < -0.3 is 26.2 Å². The Morgan fingerprint density at radius 3 is 2.40 bits per heavy atom. The topological polar surface area (TPSA) is 161 Å². The molecular formula is C30H35F3N2O7. The van der Waals surface area contributed by atoms with Gasteiger partial charge in [0.05, 0.1) is 11.1 Å². The second-order valence-corrected chi connectivity index (χ2v) is 12.6. The molecule has 3 atom stereocenters. The van der Waals surface area contributed by atoms with Crippen LogP contribution in [0.25, 0.3) is 0 Å². The van der Waals surface area contributed by atoms with Crippen molar-refractivity contribution in [1.29, 1.82) is 0 Å². The Bertz CT molecular complexity index is 1430. The van der Waals surface area contributed by atoms with Crippen molar-refractivity contribution in [2.24, 2.45) is 29.4 Å². The van der Waals surface area contributed by atoms with Gasteiger partial charge in [-0.2, -0.15) is 13.2 Å². The van der Waals surface area contributed by atoms with Gasteiger partial charge in [-0.05, 0) is 73.6 Å². The molecule has 0 radical (unpaired) electrons. The van der Waals surface area contributed by atoms with Gasteiger partial charge in [-0.3, -0.25) is 19.3 Å². The number of nitrogens with zero attached hydrogens (tertiary/aromatic N) is 1. The van der Waals surface area contributed by atoms with Gasteiger partial charge in [-0.25, -0.2) is 0 Å². The van der Waals surface area contributed by atoms with Gasteiger partial charge in [-0.15, -0.1) is 0 Å². The summed E-state index contributed by atoms with van der Waals surface area (Å²) in [6.07, 6.45) is -3.17. The molecule has 6 N–H and O–H groups in total. The predicted octanol–water partition coefficient (Wildman–Crippen LogP) is 3.86. The molecule has 4 aliphatic carbocycles. The van der Waals surface area contributed by atoms with E-state index >= 15 is 0 Å². The van der Waals surface area contributed by atoms with E-state index in [0.29, 0.717) is 24.9 Å². The highest BCUT2D eigenvalue weighted by Gasteiger charge is 2.60. The van der Waals surface area contributed by atoms with Crippen LogP contribution in [0.4, 0.5) is 13.2 Å². The number of aliphatic hydroxyl groups excluding tert-OH is 2. The molecule has 9 nitrogen and oxygen atoms in total. The van der Waals surface area contributed by atoms with Crippen molar-refractivity contribution >= 4 is 17.5 Å². The number of rotatable bonds is 8. The number of Topliss-reactive ketones (excluding diaryl/α,β-unsaturated/α-hetero) is 2.